The van der Waals surface area contributed by atoms with Crippen LogP contribution < -0.4 is 0 Å². The van der Waals surface area contributed by atoms with Crippen molar-refractivity contribution >= 4 is 67.0 Å². The van der Waals surface area contributed by atoms with Gasteiger partial charge in [0.1, 0.15) is 0 Å². The van der Waals surface area contributed by atoms with Gasteiger partial charge in [-0.25, -0.2) is 55.4 Å². The van der Waals surface area contributed by atoms with Crippen molar-refractivity contribution in [3.05, 3.63) is 0 Å². The van der Waals surface area contributed by atoms with E-state index in [1.165, 1.54) is 0 Å². The summed E-state index contributed by atoms with van der Waals surface area (Å²) in [5.74, 6) is 0. The van der Waals surface area contributed by atoms with Gasteiger partial charge in [-0.05, 0) is 0 Å². The molecule has 0 aliphatic rings. The summed E-state index contributed by atoms with van der Waals surface area (Å²) in [7, 11) is -14.6. The van der Waals surface area contributed by atoms with Gasteiger partial charge in [0.15, 0.2) is 0 Å². The molecule has 0 heterocycles. The van der Waals surface area contributed by atoms with Crippen LogP contribution in [0.1, 0.15) is 0 Å². The molecule has 0 atom stereocenters. The zero-order valence-electron chi connectivity index (χ0n) is 13.5. The number of hydrogen-bond donors (Lipinski definition) is 9. The van der Waals surface area contributed by atoms with E-state index in [0.29, 0.717) is 0 Å². The third-order valence-electron chi connectivity index (χ3n) is 0.274. The van der Waals surface area contributed by atoms with Crippen LogP contribution in [-0.4, -0.2) is 121 Å². The summed E-state index contributed by atoms with van der Waals surface area (Å²) in [5.41, 5.74) is 0. The summed E-state index contributed by atoms with van der Waals surface area (Å²) in [4.78, 5) is 25.7. The molecule has 0 bridgehead atoms. The summed E-state index contributed by atoms with van der Waals surface area (Å²) in [6.45, 7) is 0. The quantitative estimate of drug-likeness (QED) is 0.0556. The Morgan fingerprint density at radius 2 is 0.516 bits per heavy atom. The van der Waals surface area contributed by atoms with E-state index < -0.39 is 49.7 Å². The van der Waals surface area contributed by atoms with Crippen LogP contribution in [0.15, 0.2) is 0 Å². The standard InChI is InChI=1S/3CH2O3.Al.3H2O5S/c3*2-1(3)4;;3*1-5-6(2,3)4/h3*(H2,2,3,4);;3*1H,(H,2,3,4)/q;;;+3;;;/p-3. The van der Waals surface area contributed by atoms with E-state index in [0.717, 1.165) is 0 Å². The third kappa shape index (κ3) is 398. The Kier molecular flexibility index (Phi) is 39.1. The van der Waals surface area contributed by atoms with Crippen molar-refractivity contribution in [2.45, 2.75) is 0 Å². The largest absolute Gasteiger partial charge is 3.00 e. The van der Waals surface area contributed by atoms with Crippen molar-refractivity contribution in [1.82, 2.24) is 0 Å². The van der Waals surface area contributed by atoms with Gasteiger partial charge in [-0.3, -0.25) is 0 Å². The van der Waals surface area contributed by atoms with E-state index in [-0.39, 0.29) is 17.4 Å². The second kappa shape index (κ2) is 25.9. The number of carboxylic acid groups (broad SMARTS) is 6. The minimum absolute atomic E-state index is 0. The molecule has 0 aromatic rings. The van der Waals surface area contributed by atoms with Gasteiger partial charge in [0, 0.05) is 0 Å². The van der Waals surface area contributed by atoms with E-state index in [1.54, 1.807) is 0 Å². The summed E-state index contributed by atoms with van der Waals surface area (Å²) in [6, 6.07) is 0. The third-order valence-corrected chi connectivity index (χ3v) is 0.822. The van der Waals surface area contributed by atoms with Crippen molar-refractivity contribution < 1.29 is 113 Å². The van der Waals surface area contributed by atoms with Crippen LogP contribution in [0.5, 0.6) is 0 Å². The van der Waals surface area contributed by atoms with Crippen LogP contribution in [0.3, 0.4) is 0 Å². The fourth-order valence-electron chi connectivity index (χ4n) is 0. The molecule has 0 aromatic carbocycles. The van der Waals surface area contributed by atoms with Crippen LogP contribution in [0.4, 0.5) is 14.4 Å². The Labute approximate surface area is 180 Å². The molecule has 0 saturated carbocycles. The van der Waals surface area contributed by atoms with Gasteiger partial charge >= 0.3 is 35.8 Å². The average molecular weight is 552 g/mol. The molecule has 0 aromatic heterocycles. The molecule has 0 fully saturated rings. The van der Waals surface area contributed by atoms with Crippen LogP contribution in [0.25, 0.3) is 0 Å². The molecular weight excluding hydrogens is 543 g/mol. The molecule has 24 nitrogen and oxygen atoms in total. The second-order valence-electron chi connectivity index (χ2n) is 2.30. The van der Waals surface area contributed by atoms with E-state index in [4.69, 9.17) is 99.7 Å². The Morgan fingerprint density at radius 1 is 0.484 bits per heavy atom. The maximum absolute atomic E-state index is 8.97. The summed E-state index contributed by atoms with van der Waals surface area (Å²) in [5, 5.41) is 62.8. The molecule has 28 heteroatoms. The van der Waals surface area contributed by atoms with E-state index in [2.05, 4.69) is 13.0 Å². The molecule has 186 valence electrons. The van der Waals surface area contributed by atoms with Crippen molar-refractivity contribution in [3.63, 3.8) is 0 Å². The first-order valence-corrected chi connectivity index (χ1v) is 8.50. The average Bonchev–Trinajstić information content (AvgIpc) is 2.44. The predicted molar refractivity (Wildman–Crippen MR) is 77.9 cm³/mol. The number of rotatable bonds is 3. The molecule has 0 aliphatic carbocycles. The Bertz CT molecular complexity index is 625. The van der Waals surface area contributed by atoms with Crippen LogP contribution in [0.2, 0.25) is 0 Å². The van der Waals surface area contributed by atoms with Crippen molar-refractivity contribution in [2.24, 2.45) is 0 Å². The first-order valence-electron chi connectivity index (χ1n) is 4.50. The fraction of sp³-hybridized carbons (Fsp3) is 0. The molecule has 0 rings (SSSR count). The molecule has 0 amide bonds. The Balaban J connectivity index is -0.0000000448. The normalized spacial score (nSPS) is 9.10. The van der Waals surface area contributed by atoms with Crippen LogP contribution in [-0.2, 0) is 44.2 Å². The Hall–Kier alpha value is -2.17. The molecule has 0 unspecified atom stereocenters. The van der Waals surface area contributed by atoms with Crippen LogP contribution in [0, 0.1) is 0 Å². The van der Waals surface area contributed by atoms with E-state index in [9.17, 15) is 0 Å². The van der Waals surface area contributed by atoms with E-state index >= 15 is 0 Å². The summed E-state index contributed by atoms with van der Waals surface area (Å²) < 4.78 is 87.8. The van der Waals surface area contributed by atoms with Crippen LogP contribution >= 0.6 is 0 Å². The summed E-state index contributed by atoms with van der Waals surface area (Å²) in [6.07, 6.45) is -5.50. The van der Waals surface area contributed by atoms with Gasteiger partial charge in [-0.1, -0.05) is 0 Å². The molecule has 0 radical (unpaired) electrons. The SMILES string of the molecule is O=C(O)O.O=C(O)O.O=C(O)O.O=S(=O)([O-])OO.O=S(=O)([O-])OO.O=S(=O)([O-])OO.[Al+3]. The van der Waals surface area contributed by atoms with E-state index in [1.807, 2.05) is 0 Å². The minimum Gasteiger partial charge on any atom is -0.724 e. The zero-order valence-corrected chi connectivity index (χ0v) is 17.1. The molecular formula is C3H9AlO24S3. The van der Waals surface area contributed by atoms with Gasteiger partial charge in [0.2, 0.25) is 31.2 Å². The maximum Gasteiger partial charge on any atom is 3.00 e. The first kappa shape index (κ1) is 46.9. The van der Waals surface area contributed by atoms with Gasteiger partial charge < -0.3 is 44.3 Å². The topological polar surface area (TPSA) is 433 Å². The van der Waals surface area contributed by atoms with Gasteiger partial charge in [0.05, 0.1) is 0 Å². The second-order valence-corrected chi connectivity index (χ2v) is 5.19. The van der Waals surface area contributed by atoms with Crippen molar-refractivity contribution in [3.8, 4) is 0 Å². The number of carbonyl (C=O) groups is 3. The smallest absolute Gasteiger partial charge is 0.724 e. The molecule has 0 aliphatic heterocycles. The first-order chi connectivity index (χ1) is 12.9. The fourth-order valence-corrected chi connectivity index (χ4v) is 0. The molecule has 31 heavy (non-hydrogen) atoms. The van der Waals surface area contributed by atoms with Gasteiger partial charge in [-0.15, -0.1) is 13.0 Å². The van der Waals surface area contributed by atoms with Gasteiger partial charge in [0.25, 0.3) is 0 Å². The van der Waals surface area contributed by atoms with Crippen molar-refractivity contribution in [1.29, 1.82) is 0 Å². The molecule has 0 saturated heterocycles. The van der Waals surface area contributed by atoms with Gasteiger partial charge in [-0.2, -0.15) is 0 Å². The molecule has 0 spiro atoms. The zero-order chi connectivity index (χ0) is 26.4. The monoisotopic (exact) mass is 552 g/mol. The van der Waals surface area contributed by atoms with Crippen molar-refractivity contribution in [2.75, 3.05) is 0 Å². The molecule has 9 N–H and O–H groups in total. The Morgan fingerprint density at radius 3 is 0.516 bits per heavy atom. The minimum atomic E-state index is -4.86. The maximum atomic E-state index is 8.97. The number of hydrogen-bond acceptors (Lipinski definition) is 18. The summed E-state index contributed by atoms with van der Waals surface area (Å²) >= 11 is 0. The predicted octanol–water partition coefficient (Wildman–Crippen LogP) is -2.90.